The predicted octanol–water partition coefficient (Wildman–Crippen LogP) is 3.77. The first-order valence-corrected chi connectivity index (χ1v) is 11.6. The Bertz CT molecular complexity index is 1070. The highest BCUT2D eigenvalue weighted by Crippen LogP contribution is 2.44. The topological polar surface area (TPSA) is 95.9 Å². The number of nitrogens with one attached hydrogen (secondary N) is 1. The van der Waals surface area contributed by atoms with E-state index in [4.69, 9.17) is 11.2 Å². The molecule has 2 aliphatic rings. The zero-order valence-electron chi connectivity index (χ0n) is 18.9. The van der Waals surface area contributed by atoms with Crippen molar-refractivity contribution >= 4 is 18.0 Å². The van der Waals surface area contributed by atoms with E-state index >= 15 is 0 Å². The Morgan fingerprint density at radius 2 is 1.65 bits per heavy atom. The average molecular weight is 461 g/mol. The van der Waals surface area contributed by atoms with E-state index in [9.17, 15) is 19.5 Å². The van der Waals surface area contributed by atoms with Gasteiger partial charge in [0, 0.05) is 12.0 Å². The number of carbonyl (C=O) groups is 3. The molecular formula is C27H28N2O5. The SMILES string of the molecule is C#CCN(C(=O)C(CC(=O)O)NC(=O)OCC1c2ccccc2-c2ccccc21)C1CCCC1. The molecular weight excluding hydrogens is 432 g/mol. The summed E-state index contributed by atoms with van der Waals surface area (Å²) in [5.74, 6) is 0.670. The number of nitrogens with zero attached hydrogens (tertiary/aromatic N) is 1. The quantitative estimate of drug-likeness (QED) is 0.585. The van der Waals surface area contributed by atoms with Gasteiger partial charge >= 0.3 is 12.1 Å². The van der Waals surface area contributed by atoms with Crippen LogP contribution < -0.4 is 5.32 Å². The number of aliphatic carboxylic acids is 1. The summed E-state index contributed by atoms with van der Waals surface area (Å²) in [5.41, 5.74) is 4.34. The van der Waals surface area contributed by atoms with E-state index in [1.807, 2.05) is 48.5 Å². The molecule has 0 heterocycles. The maximum Gasteiger partial charge on any atom is 0.407 e. The summed E-state index contributed by atoms with van der Waals surface area (Å²) in [4.78, 5) is 38.8. The molecule has 176 valence electrons. The van der Waals surface area contributed by atoms with E-state index < -0.39 is 30.4 Å². The van der Waals surface area contributed by atoms with Gasteiger partial charge in [-0.3, -0.25) is 9.59 Å². The molecule has 0 aromatic heterocycles. The zero-order valence-corrected chi connectivity index (χ0v) is 18.9. The van der Waals surface area contributed by atoms with Crippen molar-refractivity contribution in [1.82, 2.24) is 10.2 Å². The molecule has 2 N–H and O–H groups in total. The summed E-state index contributed by atoms with van der Waals surface area (Å²) >= 11 is 0. The highest BCUT2D eigenvalue weighted by atomic mass is 16.5. The van der Waals surface area contributed by atoms with Crippen molar-refractivity contribution in [3.8, 4) is 23.5 Å². The first kappa shape index (κ1) is 23.4. The molecule has 2 aliphatic carbocycles. The van der Waals surface area contributed by atoms with Crippen molar-refractivity contribution in [1.29, 1.82) is 0 Å². The summed E-state index contributed by atoms with van der Waals surface area (Å²) in [6.07, 6.45) is 7.70. The Balaban J connectivity index is 1.45. The maximum atomic E-state index is 13.2. The van der Waals surface area contributed by atoms with Crippen molar-refractivity contribution < 1.29 is 24.2 Å². The lowest BCUT2D eigenvalue weighted by Gasteiger charge is -2.30. The Hall–Kier alpha value is -3.79. The molecule has 7 heteroatoms. The molecule has 1 unspecified atom stereocenters. The monoisotopic (exact) mass is 460 g/mol. The third kappa shape index (κ3) is 4.91. The molecule has 1 saturated carbocycles. The number of carboxylic acid groups (broad SMARTS) is 1. The van der Waals surface area contributed by atoms with Gasteiger partial charge in [0.2, 0.25) is 5.91 Å². The minimum atomic E-state index is -1.25. The van der Waals surface area contributed by atoms with Gasteiger partial charge in [-0.25, -0.2) is 4.79 Å². The third-order valence-electron chi connectivity index (χ3n) is 6.62. The maximum absolute atomic E-state index is 13.2. The number of terminal acetylenes is 1. The van der Waals surface area contributed by atoms with E-state index in [0.29, 0.717) is 0 Å². The largest absolute Gasteiger partial charge is 0.481 e. The normalized spacial score (nSPS) is 15.6. The fourth-order valence-electron chi connectivity index (χ4n) is 5.06. The summed E-state index contributed by atoms with van der Waals surface area (Å²) in [5, 5.41) is 11.8. The first-order chi connectivity index (χ1) is 16.5. The molecule has 4 rings (SSSR count). The van der Waals surface area contributed by atoms with Gasteiger partial charge < -0.3 is 20.1 Å². The molecule has 0 aliphatic heterocycles. The number of alkyl carbamates (subject to hydrolysis) is 1. The lowest BCUT2D eigenvalue weighted by molar-refractivity contribution is -0.143. The van der Waals surface area contributed by atoms with Crippen LogP contribution in [0.4, 0.5) is 4.79 Å². The lowest BCUT2D eigenvalue weighted by Crippen LogP contribution is -2.52. The molecule has 7 nitrogen and oxygen atoms in total. The van der Waals surface area contributed by atoms with Gasteiger partial charge in [0.25, 0.3) is 0 Å². The fourth-order valence-corrected chi connectivity index (χ4v) is 5.06. The minimum absolute atomic E-state index is 0.0378. The summed E-state index contributed by atoms with van der Waals surface area (Å²) in [6.45, 7) is 0.149. The van der Waals surface area contributed by atoms with Crippen LogP contribution in [0.2, 0.25) is 0 Å². The highest BCUT2D eigenvalue weighted by Gasteiger charge is 2.34. The Morgan fingerprint density at radius 1 is 1.06 bits per heavy atom. The number of hydrogen-bond acceptors (Lipinski definition) is 4. The fraction of sp³-hybridized carbons (Fsp3) is 0.370. The van der Waals surface area contributed by atoms with E-state index in [1.54, 1.807) is 0 Å². The second-order valence-corrected chi connectivity index (χ2v) is 8.73. The van der Waals surface area contributed by atoms with Gasteiger partial charge in [-0.15, -0.1) is 6.42 Å². The van der Waals surface area contributed by atoms with Crippen LogP contribution >= 0.6 is 0 Å². The van der Waals surface area contributed by atoms with Gasteiger partial charge in [0.1, 0.15) is 12.6 Å². The standard InChI is InChI=1S/C27H28N2O5/c1-2-15-29(18-9-3-4-10-18)26(32)24(16-25(30)31)28-27(33)34-17-23-21-13-7-5-11-19(21)20-12-6-8-14-22(20)23/h1,5-8,11-14,18,23-24H,3-4,9-10,15-17H2,(H,28,33)(H,30,31). The second kappa shape index (κ2) is 10.4. The van der Waals surface area contributed by atoms with Crippen LogP contribution in [-0.2, 0) is 14.3 Å². The van der Waals surface area contributed by atoms with Crippen LogP contribution in [0.15, 0.2) is 48.5 Å². The average Bonchev–Trinajstić information content (AvgIpc) is 3.47. The van der Waals surface area contributed by atoms with Crippen molar-refractivity contribution in [2.45, 2.75) is 50.1 Å². The third-order valence-corrected chi connectivity index (χ3v) is 6.62. The van der Waals surface area contributed by atoms with E-state index in [-0.39, 0.29) is 25.1 Å². The molecule has 1 atom stereocenters. The Kier molecular flexibility index (Phi) is 7.17. The zero-order chi connectivity index (χ0) is 24.1. The number of carboxylic acids is 1. The molecule has 34 heavy (non-hydrogen) atoms. The van der Waals surface area contributed by atoms with Crippen LogP contribution in [-0.4, -0.2) is 53.2 Å². The minimum Gasteiger partial charge on any atom is -0.481 e. The molecule has 1 fully saturated rings. The number of carbonyl (C=O) groups excluding carboxylic acids is 2. The number of rotatable bonds is 8. The van der Waals surface area contributed by atoms with Gasteiger partial charge in [-0.1, -0.05) is 67.3 Å². The second-order valence-electron chi connectivity index (χ2n) is 8.73. The van der Waals surface area contributed by atoms with Crippen LogP contribution in [0, 0.1) is 12.3 Å². The molecule has 2 aromatic rings. The van der Waals surface area contributed by atoms with E-state index in [0.717, 1.165) is 47.9 Å². The van der Waals surface area contributed by atoms with E-state index in [2.05, 4.69) is 11.2 Å². The summed E-state index contributed by atoms with van der Waals surface area (Å²) < 4.78 is 5.51. The number of amides is 2. The molecule has 0 radical (unpaired) electrons. The van der Waals surface area contributed by atoms with Crippen LogP contribution in [0.25, 0.3) is 11.1 Å². The van der Waals surface area contributed by atoms with Crippen molar-refractivity contribution in [3.63, 3.8) is 0 Å². The van der Waals surface area contributed by atoms with Gasteiger partial charge in [-0.05, 0) is 35.1 Å². The number of hydrogen-bond donors (Lipinski definition) is 2. The van der Waals surface area contributed by atoms with E-state index in [1.165, 1.54) is 4.90 Å². The van der Waals surface area contributed by atoms with Gasteiger partial charge in [-0.2, -0.15) is 0 Å². The van der Waals surface area contributed by atoms with Crippen LogP contribution in [0.5, 0.6) is 0 Å². The molecule has 2 amide bonds. The lowest BCUT2D eigenvalue weighted by atomic mass is 9.98. The van der Waals surface area contributed by atoms with Crippen LogP contribution in [0.1, 0.15) is 49.1 Å². The molecule has 0 saturated heterocycles. The predicted molar refractivity (Wildman–Crippen MR) is 127 cm³/mol. The Morgan fingerprint density at radius 3 is 2.21 bits per heavy atom. The van der Waals surface area contributed by atoms with Crippen molar-refractivity contribution in [2.24, 2.45) is 0 Å². The summed E-state index contributed by atoms with van der Waals surface area (Å²) in [7, 11) is 0. The molecule has 0 spiro atoms. The van der Waals surface area contributed by atoms with Crippen molar-refractivity contribution in [2.75, 3.05) is 13.2 Å². The van der Waals surface area contributed by atoms with Gasteiger partial charge in [0.05, 0.1) is 13.0 Å². The van der Waals surface area contributed by atoms with Gasteiger partial charge in [0.15, 0.2) is 0 Å². The van der Waals surface area contributed by atoms with Crippen molar-refractivity contribution in [3.05, 3.63) is 59.7 Å². The highest BCUT2D eigenvalue weighted by molar-refractivity contribution is 5.89. The number of benzene rings is 2. The first-order valence-electron chi connectivity index (χ1n) is 11.6. The molecule has 2 aromatic carbocycles. The Labute approximate surface area is 199 Å². The number of ether oxygens (including phenoxy) is 1. The molecule has 0 bridgehead atoms. The van der Waals surface area contributed by atoms with Crippen LogP contribution in [0.3, 0.4) is 0 Å². The number of fused-ring (bicyclic) bond motifs is 3. The summed E-state index contributed by atoms with van der Waals surface area (Å²) in [6, 6.07) is 14.7. The smallest absolute Gasteiger partial charge is 0.407 e.